The van der Waals surface area contributed by atoms with Crippen LogP contribution < -0.4 is 16.6 Å². The lowest BCUT2D eigenvalue weighted by Crippen LogP contribution is -2.10. The molecule has 0 amide bonds. The number of hydrogen-bond donors (Lipinski definition) is 3. The molecule has 6 heteroatoms. The monoisotopic (exact) mass is 289 g/mol. The van der Waals surface area contributed by atoms with Crippen LogP contribution >= 0.6 is 11.8 Å². The van der Waals surface area contributed by atoms with E-state index in [9.17, 15) is 0 Å². The number of hydrazine groups is 1. The van der Waals surface area contributed by atoms with Crippen LogP contribution in [0.2, 0.25) is 0 Å². The second kappa shape index (κ2) is 6.58. The number of anilines is 3. The van der Waals surface area contributed by atoms with Crippen molar-refractivity contribution in [3.05, 3.63) is 35.9 Å². The number of nitrogens with two attached hydrogens (primary N) is 1. The Hall–Kier alpha value is -1.79. The molecule has 1 aromatic heterocycles. The highest BCUT2D eigenvalue weighted by molar-refractivity contribution is 7.98. The predicted octanol–water partition coefficient (Wildman–Crippen LogP) is 3.35. The van der Waals surface area contributed by atoms with Crippen LogP contribution in [0.3, 0.4) is 0 Å². The van der Waals surface area contributed by atoms with Crippen LogP contribution in [0.5, 0.6) is 0 Å². The summed E-state index contributed by atoms with van der Waals surface area (Å²) in [5.41, 5.74) is 4.84. The van der Waals surface area contributed by atoms with E-state index in [4.69, 9.17) is 5.84 Å². The van der Waals surface area contributed by atoms with Crippen molar-refractivity contribution < 1.29 is 0 Å². The van der Waals surface area contributed by atoms with Gasteiger partial charge in [0.25, 0.3) is 0 Å². The molecule has 0 spiro atoms. The summed E-state index contributed by atoms with van der Waals surface area (Å²) in [6.07, 6.45) is 1.93. The van der Waals surface area contributed by atoms with Crippen molar-refractivity contribution in [3.63, 3.8) is 0 Å². The predicted molar refractivity (Wildman–Crippen MR) is 85.4 cm³/mol. The zero-order valence-electron chi connectivity index (χ0n) is 11.8. The first-order valence-electron chi connectivity index (χ1n) is 6.39. The van der Waals surface area contributed by atoms with Gasteiger partial charge in [0.15, 0.2) is 5.16 Å². The van der Waals surface area contributed by atoms with Crippen molar-refractivity contribution in [2.75, 3.05) is 17.0 Å². The maximum Gasteiger partial charge on any atom is 0.191 e. The van der Waals surface area contributed by atoms with Gasteiger partial charge in [-0.2, -0.15) is 0 Å². The molecule has 0 fully saturated rings. The van der Waals surface area contributed by atoms with E-state index in [1.54, 1.807) is 6.07 Å². The fourth-order valence-corrected chi connectivity index (χ4v) is 2.16. The van der Waals surface area contributed by atoms with E-state index in [1.165, 1.54) is 17.3 Å². The minimum Gasteiger partial charge on any atom is -0.340 e. The molecular formula is C14H19N5S. The van der Waals surface area contributed by atoms with Crippen LogP contribution in [-0.4, -0.2) is 16.2 Å². The second-order valence-corrected chi connectivity index (χ2v) is 5.45. The SMILES string of the molecule is CSc1nc(NN)cc(Nc2cccc(C(C)C)c2)n1. The molecule has 2 aromatic rings. The average molecular weight is 289 g/mol. The molecule has 0 saturated heterocycles. The third-order valence-corrected chi connectivity index (χ3v) is 3.41. The van der Waals surface area contributed by atoms with Crippen molar-refractivity contribution in [1.82, 2.24) is 9.97 Å². The van der Waals surface area contributed by atoms with Crippen molar-refractivity contribution in [3.8, 4) is 0 Å². The molecule has 0 atom stereocenters. The Labute approximate surface area is 123 Å². The normalized spacial score (nSPS) is 10.7. The Morgan fingerprint density at radius 1 is 1.15 bits per heavy atom. The summed E-state index contributed by atoms with van der Waals surface area (Å²) in [6, 6.07) is 10.1. The third kappa shape index (κ3) is 3.61. The summed E-state index contributed by atoms with van der Waals surface area (Å²) in [5.74, 6) is 7.22. The summed E-state index contributed by atoms with van der Waals surface area (Å²) >= 11 is 1.47. The van der Waals surface area contributed by atoms with E-state index in [0.29, 0.717) is 16.9 Å². The molecule has 0 bridgehead atoms. The largest absolute Gasteiger partial charge is 0.340 e. The van der Waals surface area contributed by atoms with Gasteiger partial charge in [0, 0.05) is 11.8 Å². The molecule has 2 rings (SSSR count). The van der Waals surface area contributed by atoms with Gasteiger partial charge in [-0.3, -0.25) is 0 Å². The van der Waals surface area contributed by atoms with Crippen LogP contribution in [0.4, 0.5) is 17.3 Å². The smallest absolute Gasteiger partial charge is 0.191 e. The number of nitrogen functional groups attached to an aromatic ring is 1. The lowest BCUT2D eigenvalue weighted by molar-refractivity contribution is 0.867. The van der Waals surface area contributed by atoms with Gasteiger partial charge in [0.05, 0.1) is 0 Å². The first-order chi connectivity index (χ1) is 9.62. The zero-order chi connectivity index (χ0) is 14.5. The van der Waals surface area contributed by atoms with Gasteiger partial charge in [-0.1, -0.05) is 37.7 Å². The van der Waals surface area contributed by atoms with Crippen molar-refractivity contribution in [2.45, 2.75) is 24.9 Å². The Bertz CT molecular complexity index is 563. The number of nitrogens with zero attached hydrogens (tertiary/aromatic N) is 2. The standard InChI is InChI=1S/C14H19N5S/c1-9(2)10-5-4-6-11(7-10)16-12-8-13(19-15)18-14(17-12)20-3/h4-9H,15H2,1-3H3,(H2,16,17,18,19). The first-order valence-corrected chi connectivity index (χ1v) is 7.61. The summed E-state index contributed by atoms with van der Waals surface area (Å²) in [4.78, 5) is 8.65. The fraction of sp³-hybridized carbons (Fsp3) is 0.286. The third-order valence-electron chi connectivity index (χ3n) is 2.86. The maximum absolute atomic E-state index is 5.42. The highest BCUT2D eigenvalue weighted by Crippen LogP contribution is 2.23. The Balaban J connectivity index is 2.27. The number of aromatic nitrogens is 2. The minimum atomic E-state index is 0.491. The van der Waals surface area contributed by atoms with Gasteiger partial charge in [0.1, 0.15) is 11.6 Å². The quantitative estimate of drug-likeness (QED) is 0.339. The molecule has 0 saturated carbocycles. The van der Waals surface area contributed by atoms with Crippen molar-refractivity contribution in [2.24, 2.45) is 5.84 Å². The topological polar surface area (TPSA) is 75.9 Å². The number of nitrogens with one attached hydrogen (secondary N) is 2. The van der Waals surface area contributed by atoms with Gasteiger partial charge in [0.2, 0.25) is 0 Å². The van der Waals surface area contributed by atoms with E-state index in [-0.39, 0.29) is 0 Å². The van der Waals surface area contributed by atoms with Gasteiger partial charge in [-0.25, -0.2) is 15.8 Å². The van der Waals surface area contributed by atoms with E-state index in [0.717, 1.165) is 11.5 Å². The number of thioether (sulfide) groups is 1. The zero-order valence-corrected chi connectivity index (χ0v) is 12.7. The highest BCUT2D eigenvalue weighted by atomic mass is 32.2. The molecule has 106 valence electrons. The van der Waals surface area contributed by atoms with E-state index >= 15 is 0 Å². The molecular weight excluding hydrogens is 270 g/mol. The van der Waals surface area contributed by atoms with Crippen LogP contribution in [0.1, 0.15) is 25.3 Å². The van der Waals surface area contributed by atoms with Crippen LogP contribution in [0.15, 0.2) is 35.5 Å². The molecule has 0 aliphatic heterocycles. The maximum atomic E-state index is 5.42. The van der Waals surface area contributed by atoms with E-state index < -0.39 is 0 Å². The molecule has 5 nitrogen and oxygen atoms in total. The van der Waals surface area contributed by atoms with Gasteiger partial charge >= 0.3 is 0 Å². The van der Waals surface area contributed by atoms with Crippen LogP contribution in [0, 0.1) is 0 Å². The summed E-state index contributed by atoms with van der Waals surface area (Å²) < 4.78 is 0. The average Bonchev–Trinajstić information content (AvgIpc) is 2.47. The molecule has 4 N–H and O–H groups in total. The Kier molecular flexibility index (Phi) is 4.81. The molecule has 20 heavy (non-hydrogen) atoms. The second-order valence-electron chi connectivity index (χ2n) is 4.67. The molecule has 1 heterocycles. The molecule has 0 radical (unpaired) electrons. The van der Waals surface area contributed by atoms with Crippen LogP contribution in [0.25, 0.3) is 0 Å². The van der Waals surface area contributed by atoms with Gasteiger partial charge in [-0.05, 0) is 29.9 Å². The molecule has 0 unspecified atom stereocenters. The summed E-state index contributed by atoms with van der Waals surface area (Å²) in [5, 5.41) is 3.96. The highest BCUT2D eigenvalue weighted by Gasteiger charge is 2.05. The molecule has 0 aliphatic rings. The first kappa shape index (κ1) is 14.6. The van der Waals surface area contributed by atoms with Gasteiger partial charge < -0.3 is 10.7 Å². The Morgan fingerprint density at radius 3 is 2.55 bits per heavy atom. The van der Waals surface area contributed by atoms with E-state index in [2.05, 4.69) is 46.7 Å². The lowest BCUT2D eigenvalue weighted by atomic mass is 10.0. The Morgan fingerprint density at radius 2 is 1.90 bits per heavy atom. The summed E-state index contributed by atoms with van der Waals surface area (Å²) in [6.45, 7) is 4.35. The van der Waals surface area contributed by atoms with Crippen molar-refractivity contribution >= 4 is 29.1 Å². The van der Waals surface area contributed by atoms with Crippen molar-refractivity contribution in [1.29, 1.82) is 0 Å². The fourth-order valence-electron chi connectivity index (χ4n) is 1.78. The number of benzene rings is 1. The molecule has 0 aliphatic carbocycles. The number of hydrogen-bond acceptors (Lipinski definition) is 6. The lowest BCUT2D eigenvalue weighted by Gasteiger charge is -2.11. The summed E-state index contributed by atoms with van der Waals surface area (Å²) in [7, 11) is 0. The molecule has 1 aromatic carbocycles. The number of rotatable bonds is 5. The van der Waals surface area contributed by atoms with Gasteiger partial charge in [-0.15, -0.1) is 0 Å². The minimum absolute atomic E-state index is 0.491. The van der Waals surface area contributed by atoms with Crippen LogP contribution in [-0.2, 0) is 0 Å². The van der Waals surface area contributed by atoms with E-state index in [1.807, 2.05) is 18.4 Å².